The van der Waals surface area contributed by atoms with Crippen molar-refractivity contribution in [2.75, 3.05) is 18.4 Å². The number of nitrogens with one attached hydrogen (secondary N) is 3. The van der Waals surface area contributed by atoms with Gasteiger partial charge in [-0.05, 0) is 31.5 Å². The van der Waals surface area contributed by atoms with Gasteiger partial charge in [-0.2, -0.15) is 0 Å². The molecule has 22 heavy (non-hydrogen) atoms. The zero-order valence-corrected chi connectivity index (χ0v) is 12.4. The Hall–Kier alpha value is -2.41. The second kappa shape index (κ2) is 8.14. The van der Waals surface area contributed by atoms with Crippen LogP contribution >= 0.6 is 0 Å². The van der Waals surface area contributed by atoms with Crippen molar-refractivity contribution in [1.82, 2.24) is 15.3 Å². The highest BCUT2D eigenvalue weighted by atomic mass is 16.2. The summed E-state index contributed by atoms with van der Waals surface area (Å²) in [4.78, 5) is 30.6. The van der Waals surface area contributed by atoms with Crippen LogP contribution in [0.15, 0.2) is 24.3 Å². The minimum atomic E-state index is -0.311. The van der Waals surface area contributed by atoms with Gasteiger partial charge in [-0.1, -0.05) is 18.6 Å². The Kier molecular flexibility index (Phi) is 5.91. The van der Waals surface area contributed by atoms with Gasteiger partial charge in [0.15, 0.2) is 0 Å². The van der Waals surface area contributed by atoms with Gasteiger partial charge in [-0.25, -0.2) is 4.98 Å². The molecule has 0 unspecified atom stereocenters. The Labute approximate surface area is 128 Å². The fourth-order valence-corrected chi connectivity index (χ4v) is 2.06. The summed E-state index contributed by atoms with van der Waals surface area (Å²) < 4.78 is 0. The second-order valence-electron chi connectivity index (χ2n) is 5.03. The number of carbonyl (C=O) groups excluding carboxylic acids is 2. The molecule has 0 aliphatic carbocycles. The smallest absolute Gasteiger partial charge is 0.246 e. The normalized spacial score (nSPS) is 10.6. The van der Waals surface area contributed by atoms with E-state index in [1.165, 1.54) is 0 Å². The third-order valence-electron chi connectivity index (χ3n) is 3.20. The van der Waals surface area contributed by atoms with Crippen LogP contribution in [0.1, 0.15) is 25.7 Å². The number of para-hydroxylation sites is 2. The molecule has 0 atom stereocenters. The lowest BCUT2D eigenvalue weighted by Crippen LogP contribution is -2.32. The number of H-pyrrole nitrogens is 1. The lowest BCUT2D eigenvalue weighted by molar-refractivity contribution is -0.124. The van der Waals surface area contributed by atoms with Gasteiger partial charge in [0.25, 0.3) is 0 Å². The average Bonchev–Trinajstić information content (AvgIpc) is 2.91. The maximum atomic E-state index is 11.8. The summed E-state index contributed by atoms with van der Waals surface area (Å²) in [5.74, 6) is -0.0606. The molecular formula is C15H21N5O2. The minimum Gasteiger partial charge on any atom is -0.347 e. The second-order valence-corrected chi connectivity index (χ2v) is 5.03. The summed E-state index contributed by atoms with van der Waals surface area (Å²) in [6.07, 6.45) is 3.04. The lowest BCUT2D eigenvalue weighted by atomic mass is 10.2. The number of benzene rings is 1. The van der Waals surface area contributed by atoms with Gasteiger partial charge < -0.3 is 16.0 Å². The molecule has 0 spiro atoms. The Morgan fingerprint density at radius 2 is 1.95 bits per heavy atom. The van der Waals surface area contributed by atoms with Crippen molar-refractivity contribution in [2.45, 2.75) is 25.7 Å². The maximum absolute atomic E-state index is 11.8. The number of unbranched alkanes of at least 4 members (excludes halogenated alkanes) is 2. The van der Waals surface area contributed by atoms with Crippen LogP contribution in [0.25, 0.3) is 11.0 Å². The molecule has 7 heteroatoms. The third kappa shape index (κ3) is 4.85. The van der Waals surface area contributed by atoms with Crippen LogP contribution in [0, 0.1) is 0 Å². The van der Waals surface area contributed by atoms with E-state index in [1.807, 2.05) is 24.3 Å². The number of nitrogens with zero attached hydrogens (tertiary/aromatic N) is 1. The first-order chi connectivity index (χ1) is 10.7. The number of aromatic amines is 1. The molecule has 0 fully saturated rings. The van der Waals surface area contributed by atoms with Gasteiger partial charge in [0.2, 0.25) is 17.8 Å². The van der Waals surface area contributed by atoms with Gasteiger partial charge in [-0.3, -0.25) is 14.9 Å². The quantitative estimate of drug-likeness (QED) is 0.548. The summed E-state index contributed by atoms with van der Waals surface area (Å²) in [6.45, 7) is 0.578. The highest BCUT2D eigenvalue weighted by molar-refractivity contribution is 5.94. The highest BCUT2D eigenvalue weighted by Crippen LogP contribution is 2.12. The number of amides is 2. The van der Waals surface area contributed by atoms with Crippen LogP contribution in [0.4, 0.5) is 5.95 Å². The largest absolute Gasteiger partial charge is 0.347 e. The number of rotatable bonds is 8. The molecule has 1 heterocycles. The van der Waals surface area contributed by atoms with E-state index in [4.69, 9.17) is 5.73 Å². The molecule has 0 aliphatic heterocycles. The van der Waals surface area contributed by atoms with Crippen molar-refractivity contribution in [3.63, 3.8) is 0 Å². The fraction of sp³-hybridized carbons (Fsp3) is 0.400. The van der Waals surface area contributed by atoms with Crippen molar-refractivity contribution in [3.05, 3.63) is 24.3 Å². The van der Waals surface area contributed by atoms with E-state index in [9.17, 15) is 9.59 Å². The van der Waals surface area contributed by atoms with Gasteiger partial charge in [0.1, 0.15) is 0 Å². The summed E-state index contributed by atoms with van der Waals surface area (Å²) in [5, 5.41) is 5.22. The van der Waals surface area contributed by atoms with Crippen molar-refractivity contribution in [2.24, 2.45) is 5.73 Å². The Bertz CT molecular complexity index is 605. The van der Waals surface area contributed by atoms with Gasteiger partial charge in [0.05, 0.1) is 17.6 Å². The molecule has 1 aromatic heterocycles. The molecule has 7 nitrogen and oxygen atoms in total. The molecule has 1 aromatic carbocycles. The third-order valence-corrected chi connectivity index (χ3v) is 3.20. The van der Waals surface area contributed by atoms with Gasteiger partial charge in [0, 0.05) is 6.42 Å². The number of anilines is 1. The zero-order chi connectivity index (χ0) is 15.8. The summed E-state index contributed by atoms with van der Waals surface area (Å²) in [6, 6.07) is 7.49. The van der Waals surface area contributed by atoms with Gasteiger partial charge >= 0.3 is 0 Å². The first-order valence-corrected chi connectivity index (χ1v) is 7.40. The van der Waals surface area contributed by atoms with Crippen LogP contribution < -0.4 is 16.4 Å². The van der Waals surface area contributed by atoms with Crippen LogP contribution in [-0.4, -0.2) is 34.9 Å². The maximum Gasteiger partial charge on any atom is 0.246 e. The van der Waals surface area contributed by atoms with Crippen molar-refractivity contribution in [3.8, 4) is 0 Å². The SMILES string of the molecule is NCCCCCC(=O)NCC(=O)Nc1nc2ccccc2[nH]1. The van der Waals surface area contributed by atoms with Crippen LogP contribution in [-0.2, 0) is 9.59 Å². The molecule has 118 valence electrons. The number of fused-ring (bicyclic) bond motifs is 1. The van der Waals surface area contributed by atoms with E-state index < -0.39 is 0 Å². The van der Waals surface area contributed by atoms with E-state index in [2.05, 4.69) is 20.6 Å². The molecule has 5 N–H and O–H groups in total. The Morgan fingerprint density at radius 3 is 2.73 bits per heavy atom. The van der Waals surface area contributed by atoms with E-state index in [0.29, 0.717) is 18.9 Å². The summed E-state index contributed by atoms with van der Waals surface area (Å²) in [5.41, 5.74) is 7.01. The molecule has 2 amide bonds. The predicted octanol–water partition coefficient (Wildman–Crippen LogP) is 1.14. The van der Waals surface area contributed by atoms with E-state index in [-0.39, 0.29) is 18.4 Å². The first kappa shape index (κ1) is 16.0. The van der Waals surface area contributed by atoms with Gasteiger partial charge in [-0.15, -0.1) is 0 Å². The highest BCUT2D eigenvalue weighted by Gasteiger charge is 2.08. The molecular weight excluding hydrogens is 282 g/mol. The molecule has 0 radical (unpaired) electrons. The van der Waals surface area contributed by atoms with Crippen molar-refractivity contribution in [1.29, 1.82) is 0 Å². The lowest BCUT2D eigenvalue weighted by Gasteiger charge is -2.05. The number of aromatic nitrogens is 2. The number of hydrogen-bond donors (Lipinski definition) is 4. The van der Waals surface area contributed by atoms with E-state index >= 15 is 0 Å². The molecule has 0 bridgehead atoms. The number of carbonyl (C=O) groups is 2. The molecule has 2 aromatic rings. The first-order valence-electron chi connectivity index (χ1n) is 7.40. The predicted molar refractivity (Wildman–Crippen MR) is 85.3 cm³/mol. The fourth-order valence-electron chi connectivity index (χ4n) is 2.06. The molecule has 2 rings (SSSR count). The monoisotopic (exact) mass is 303 g/mol. The zero-order valence-electron chi connectivity index (χ0n) is 12.4. The molecule has 0 saturated carbocycles. The number of hydrogen-bond acceptors (Lipinski definition) is 4. The van der Waals surface area contributed by atoms with Crippen LogP contribution in [0.2, 0.25) is 0 Å². The van der Waals surface area contributed by atoms with Crippen molar-refractivity contribution >= 4 is 28.8 Å². The van der Waals surface area contributed by atoms with E-state index in [0.717, 1.165) is 30.3 Å². The van der Waals surface area contributed by atoms with Crippen LogP contribution in [0.5, 0.6) is 0 Å². The van der Waals surface area contributed by atoms with Crippen LogP contribution in [0.3, 0.4) is 0 Å². The standard InChI is InChI=1S/C15H21N5O2/c16-9-5-1-2-8-13(21)17-10-14(22)20-15-18-11-6-3-4-7-12(11)19-15/h3-4,6-7H,1-2,5,8-10,16H2,(H,17,21)(H2,18,19,20,22). The van der Waals surface area contributed by atoms with E-state index in [1.54, 1.807) is 0 Å². The summed E-state index contributed by atoms with van der Waals surface area (Å²) >= 11 is 0. The minimum absolute atomic E-state index is 0.0627. The summed E-state index contributed by atoms with van der Waals surface area (Å²) in [7, 11) is 0. The molecule has 0 aliphatic rings. The number of nitrogens with two attached hydrogens (primary N) is 1. The Morgan fingerprint density at radius 1 is 1.14 bits per heavy atom. The topological polar surface area (TPSA) is 113 Å². The Balaban J connectivity index is 1.72. The molecule has 0 saturated heterocycles. The average molecular weight is 303 g/mol. The number of imidazole rings is 1. The van der Waals surface area contributed by atoms with Crippen molar-refractivity contribution < 1.29 is 9.59 Å².